The number of aryl methyl sites for hydroxylation is 1. The summed E-state index contributed by atoms with van der Waals surface area (Å²) in [5.74, 6) is -1.93. The smallest absolute Gasteiger partial charge is 0.339 e. The molecule has 7 heteroatoms. The Bertz CT molecular complexity index is 817. The second kappa shape index (κ2) is 6.54. The van der Waals surface area contributed by atoms with E-state index in [-0.39, 0.29) is 11.0 Å². The Labute approximate surface area is 133 Å². The van der Waals surface area contributed by atoms with Crippen molar-refractivity contribution >= 4 is 10.1 Å². The summed E-state index contributed by atoms with van der Waals surface area (Å²) in [6.07, 6.45) is -0.0549. The van der Waals surface area contributed by atoms with Crippen LogP contribution in [0.5, 0.6) is 11.5 Å². The standard InChI is InChI=1S/C16H16F2O4S/c1-10(2)21-15-7-5-13(8-11(15)3)23(19,20)22-16-6-4-12(17)9-14(16)18/h4-10H,1-3H3. The molecule has 2 aromatic carbocycles. The van der Waals surface area contributed by atoms with Gasteiger partial charge in [-0.3, -0.25) is 0 Å². The molecule has 0 heterocycles. The zero-order chi connectivity index (χ0) is 17.2. The molecule has 4 nitrogen and oxygen atoms in total. The van der Waals surface area contributed by atoms with Gasteiger partial charge in [-0.15, -0.1) is 0 Å². The van der Waals surface area contributed by atoms with Crippen molar-refractivity contribution in [1.82, 2.24) is 0 Å². The highest BCUT2D eigenvalue weighted by Gasteiger charge is 2.20. The molecule has 0 N–H and O–H groups in total. The van der Waals surface area contributed by atoms with E-state index in [1.165, 1.54) is 18.2 Å². The molecule has 0 atom stereocenters. The largest absolute Gasteiger partial charge is 0.491 e. The van der Waals surface area contributed by atoms with Gasteiger partial charge in [-0.2, -0.15) is 8.42 Å². The van der Waals surface area contributed by atoms with Crippen LogP contribution < -0.4 is 8.92 Å². The van der Waals surface area contributed by atoms with Crippen molar-refractivity contribution in [2.24, 2.45) is 0 Å². The fraction of sp³-hybridized carbons (Fsp3) is 0.250. The summed E-state index contributed by atoms with van der Waals surface area (Å²) < 4.78 is 61.0. The third-order valence-electron chi connectivity index (χ3n) is 2.89. The molecule has 0 aromatic heterocycles. The Morgan fingerprint density at radius 3 is 2.22 bits per heavy atom. The van der Waals surface area contributed by atoms with Gasteiger partial charge in [-0.25, -0.2) is 8.78 Å². The summed E-state index contributed by atoms with van der Waals surface area (Å²) in [5, 5.41) is 0. The maximum atomic E-state index is 13.5. The lowest BCUT2D eigenvalue weighted by molar-refractivity contribution is 0.240. The van der Waals surface area contributed by atoms with E-state index in [9.17, 15) is 17.2 Å². The Hall–Kier alpha value is -2.15. The minimum absolute atomic E-state index is 0.0549. The van der Waals surface area contributed by atoms with Gasteiger partial charge in [0.25, 0.3) is 0 Å². The van der Waals surface area contributed by atoms with E-state index in [0.29, 0.717) is 17.4 Å². The van der Waals surface area contributed by atoms with Gasteiger partial charge in [0.1, 0.15) is 16.5 Å². The summed E-state index contributed by atoms with van der Waals surface area (Å²) >= 11 is 0. The van der Waals surface area contributed by atoms with Crippen molar-refractivity contribution < 1.29 is 26.1 Å². The van der Waals surface area contributed by atoms with Crippen LogP contribution in [0.2, 0.25) is 0 Å². The van der Waals surface area contributed by atoms with E-state index in [1.54, 1.807) is 6.92 Å². The van der Waals surface area contributed by atoms with Crippen LogP contribution in [0, 0.1) is 18.6 Å². The second-order valence-corrected chi connectivity index (χ2v) is 6.75. The van der Waals surface area contributed by atoms with Gasteiger partial charge in [-0.05, 0) is 56.7 Å². The lowest BCUT2D eigenvalue weighted by Gasteiger charge is -2.14. The van der Waals surface area contributed by atoms with Crippen LogP contribution in [0.15, 0.2) is 41.3 Å². The molecular formula is C16H16F2O4S. The molecular weight excluding hydrogens is 326 g/mol. The molecule has 0 saturated carbocycles. The zero-order valence-electron chi connectivity index (χ0n) is 12.8. The summed E-state index contributed by atoms with van der Waals surface area (Å²) in [5.41, 5.74) is 0.600. The molecule has 0 aliphatic carbocycles. The third-order valence-corrected chi connectivity index (χ3v) is 4.12. The highest BCUT2D eigenvalue weighted by atomic mass is 32.2. The van der Waals surface area contributed by atoms with E-state index in [1.807, 2.05) is 13.8 Å². The SMILES string of the molecule is Cc1cc(S(=O)(=O)Oc2ccc(F)cc2F)ccc1OC(C)C. The average molecular weight is 342 g/mol. The predicted octanol–water partition coefficient (Wildman–Crippen LogP) is 3.83. The normalized spacial score (nSPS) is 11.6. The van der Waals surface area contributed by atoms with Crippen LogP contribution in [0.25, 0.3) is 0 Å². The topological polar surface area (TPSA) is 52.6 Å². The number of halogens is 2. The van der Waals surface area contributed by atoms with Gasteiger partial charge in [-0.1, -0.05) is 0 Å². The molecule has 23 heavy (non-hydrogen) atoms. The molecule has 0 bridgehead atoms. The average Bonchev–Trinajstić information content (AvgIpc) is 2.43. The third kappa shape index (κ3) is 4.19. The van der Waals surface area contributed by atoms with Crippen molar-refractivity contribution in [3.8, 4) is 11.5 Å². The molecule has 0 unspecified atom stereocenters. The van der Waals surface area contributed by atoms with Crippen molar-refractivity contribution in [3.05, 3.63) is 53.6 Å². The van der Waals surface area contributed by atoms with Crippen molar-refractivity contribution in [2.45, 2.75) is 31.8 Å². The van der Waals surface area contributed by atoms with Crippen molar-refractivity contribution in [3.63, 3.8) is 0 Å². The van der Waals surface area contributed by atoms with Crippen LogP contribution in [0.3, 0.4) is 0 Å². The lowest BCUT2D eigenvalue weighted by atomic mass is 10.2. The first-order valence-corrected chi connectivity index (χ1v) is 8.27. The van der Waals surface area contributed by atoms with E-state index >= 15 is 0 Å². The van der Waals surface area contributed by atoms with E-state index in [2.05, 4.69) is 0 Å². The molecule has 0 fully saturated rings. The van der Waals surface area contributed by atoms with Crippen LogP contribution in [0.1, 0.15) is 19.4 Å². The highest BCUT2D eigenvalue weighted by molar-refractivity contribution is 7.87. The Morgan fingerprint density at radius 1 is 1.00 bits per heavy atom. The van der Waals surface area contributed by atoms with Gasteiger partial charge >= 0.3 is 10.1 Å². The molecule has 0 saturated heterocycles. The molecule has 0 amide bonds. The summed E-state index contributed by atoms with van der Waals surface area (Å²) in [6.45, 7) is 5.39. The number of ether oxygens (including phenoxy) is 1. The van der Waals surface area contributed by atoms with Crippen LogP contribution >= 0.6 is 0 Å². The van der Waals surface area contributed by atoms with Gasteiger partial charge < -0.3 is 8.92 Å². The highest BCUT2D eigenvalue weighted by Crippen LogP contribution is 2.26. The summed E-state index contributed by atoms with van der Waals surface area (Å²) in [4.78, 5) is -0.144. The van der Waals surface area contributed by atoms with Crippen molar-refractivity contribution in [1.29, 1.82) is 0 Å². The van der Waals surface area contributed by atoms with Gasteiger partial charge in [0.2, 0.25) is 0 Å². The van der Waals surface area contributed by atoms with Crippen LogP contribution in [-0.2, 0) is 10.1 Å². The fourth-order valence-electron chi connectivity index (χ4n) is 1.87. The Morgan fingerprint density at radius 2 is 1.65 bits per heavy atom. The van der Waals surface area contributed by atoms with Gasteiger partial charge in [0.15, 0.2) is 11.6 Å². The molecule has 0 aliphatic rings. The monoisotopic (exact) mass is 342 g/mol. The van der Waals surface area contributed by atoms with E-state index in [4.69, 9.17) is 8.92 Å². The van der Waals surface area contributed by atoms with Crippen molar-refractivity contribution in [2.75, 3.05) is 0 Å². The quantitative estimate of drug-likeness (QED) is 0.775. The summed E-state index contributed by atoms with van der Waals surface area (Å²) in [7, 11) is -4.23. The van der Waals surface area contributed by atoms with Gasteiger partial charge in [0.05, 0.1) is 6.10 Å². The first-order chi connectivity index (χ1) is 10.7. The number of rotatable bonds is 5. The maximum absolute atomic E-state index is 13.5. The number of benzene rings is 2. The zero-order valence-corrected chi connectivity index (χ0v) is 13.7. The molecule has 0 spiro atoms. The van der Waals surface area contributed by atoms with E-state index in [0.717, 1.165) is 12.1 Å². The molecule has 0 radical (unpaired) electrons. The molecule has 124 valence electrons. The predicted molar refractivity (Wildman–Crippen MR) is 81.1 cm³/mol. The molecule has 2 rings (SSSR count). The fourth-order valence-corrected chi connectivity index (χ4v) is 2.90. The Kier molecular flexibility index (Phi) is 4.89. The maximum Gasteiger partial charge on any atom is 0.339 e. The summed E-state index contributed by atoms with van der Waals surface area (Å²) in [6, 6.07) is 6.57. The first-order valence-electron chi connectivity index (χ1n) is 6.86. The van der Waals surface area contributed by atoms with Crippen LogP contribution in [-0.4, -0.2) is 14.5 Å². The minimum Gasteiger partial charge on any atom is -0.491 e. The Balaban J connectivity index is 2.31. The second-order valence-electron chi connectivity index (χ2n) is 5.21. The number of hydrogen-bond acceptors (Lipinski definition) is 4. The van der Waals surface area contributed by atoms with Crippen LogP contribution in [0.4, 0.5) is 8.78 Å². The molecule has 0 aliphatic heterocycles. The molecule has 2 aromatic rings. The number of hydrogen-bond donors (Lipinski definition) is 0. The van der Waals surface area contributed by atoms with E-state index < -0.39 is 27.5 Å². The lowest BCUT2D eigenvalue weighted by Crippen LogP contribution is -2.12. The van der Waals surface area contributed by atoms with Gasteiger partial charge in [0, 0.05) is 6.07 Å². The minimum atomic E-state index is -4.23. The first kappa shape index (κ1) is 17.2.